The first-order chi connectivity index (χ1) is 15.3. The Hall–Kier alpha value is -3.68. The van der Waals surface area contributed by atoms with Crippen LogP contribution in [0.15, 0.2) is 84.9 Å². The highest BCUT2D eigenvalue weighted by Gasteiger charge is 2.34. The number of carbonyl (C=O) groups excluding carboxylic acids is 1. The van der Waals surface area contributed by atoms with Crippen molar-refractivity contribution < 1.29 is 28.1 Å². The zero-order chi connectivity index (χ0) is 23.0. The van der Waals surface area contributed by atoms with Gasteiger partial charge in [-0.05, 0) is 36.8 Å². The number of esters is 1. The number of nitro groups is 1. The highest BCUT2D eigenvalue weighted by molar-refractivity contribution is 7.52. The van der Waals surface area contributed by atoms with E-state index in [0.29, 0.717) is 0 Å². The molecule has 0 aliphatic rings. The first-order valence-corrected chi connectivity index (χ1v) is 11.2. The van der Waals surface area contributed by atoms with E-state index in [1.807, 2.05) is 30.3 Å². The average Bonchev–Trinajstić information content (AvgIpc) is 2.79. The maximum Gasteiger partial charge on any atom is 0.513 e. The molecule has 0 bridgehead atoms. The normalized spacial score (nSPS) is 13.4. The molecule has 2 atom stereocenters. The predicted octanol–water partition coefficient (Wildman–Crippen LogP) is 4.88. The fourth-order valence-electron chi connectivity index (χ4n) is 2.60. The van der Waals surface area contributed by atoms with E-state index >= 15 is 0 Å². The van der Waals surface area contributed by atoms with Gasteiger partial charge in [0.2, 0.25) is 0 Å². The molecule has 1 unspecified atom stereocenters. The molecule has 0 saturated heterocycles. The van der Waals surface area contributed by atoms with Gasteiger partial charge in [0.15, 0.2) is 0 Å². The van der Waals surface area contributed by atoms with Gasteiger partial charge < -0.3 is 13.8 Å². The van der Waals surface area contributed by atoms with Crippen molar-refractivity contribution in [3.05, 3.63) is 101 Å². The van der Waals surface area contributed by atoms with Crippen molar-refractivity contribution in [1.29, 1.82) is 0 Å². The van der Waals surface area contributed by atoms with Crippen LogP contribution >= 0.6 is 7.75 Å². The first-order valence-electron chi connectivity index (χ1n) is 9.62. The molecule has 32 heavy (non-hydrogen) atoms. The molecule has 1 N–H and O–H groups in total. The van der Waals surface area contributed by atoms with Crippen molar-refractivity contribution in [3.8, 4) is 11.5 Å². The second kappa shape index (κ2) is 10.6. The number of nitrogens with zero attached hydrogens (tertiary/aromatic N) is 1. The van der Waals surface area contributed by atoms with Gasteiger partial charge in [-0.3, -0.25) is 14.9 Å². The van der Waals surface area contributed by atoms with Gasteiger partial charge in [0.25, 0.3) is 5.69 Å². The van der Waals surface area contributed by atoms with Crippen LogP contribution in [0.1, 0.15) is 12.5 Å². The lowest BCUT2D eigenvalue weighted by Gasteiger charge is -2.23. The third kappa shape index (κ3) is 6.66. The number of non-ortho nitro benzene ring substituents is 1. The summed E-state index contributed by atoms with van der Waals surface area (Å²) in [7, 11) is -4.13. The van der Waals surface area contributed by atoms with E-state index in [1.54, 1.807) is 30.3 Å². The molecule has 3 aromatic carbocycles. The lowest BCUT2D eigenvalue weighted by Crippen LogP contribution is -2.35. The van der Waals surface area contributed by atoms with Crippen LogP contribution in [0.25, 0.3) is 0 Å². The third-order valence-electron chi connectivity index (χ3n) is 4.17. The smallest absolute Gasteiger partial charge is 0.460 e. The zero-order valence-electron chi connectivity index (χ0n) is 17.1. The van der Waals surface area contributed by atoms with E-state index in [0.717, 1.165) is 5.56 Å². The Morgan fingerprint density at radius 3 is 2.03 bits per heavy atom. The molecule has 0 fully saturated rings. The summed E-state index contributed by atoms with van der Waals surface area (Å²) < 4.78 is 29.8. The minimum atomic E-state index is -4.13. The number of nitrogens with one attached hydrogen (secondary N) is 1. The molecule has 9 nitrogen and oxygen atoms in total. The van der Waals surface area contributed by atoms with Crippen molar-refractivity contribution in [2.24, 2.45) is 0 Å². The van der Waals surface area contributed by atoms with Crippen molar-refractivity contribution in [2.75, 3.05) is 0 Å². The standard InChI is InChI=1S/C22H21N2O7P/c1-17(22(25)29-16-18-8-4-2-5-9-18)23-32(28,30-20-10-6-3-7-11-20)31-21-14-12-19(13-15-21)24(26)27/h2-15,17H,16H2,1H3,(H,23,28)/t17-,32?/m0/s1. The van der Waals surface area contributed by atoms with Gasteiger partial charge in [-0.2, -0.15) is 5.09 Å². The van der Waals surface area contributed by atoms with Gasteiger partial charge in [-0.25, -0.2) is 4.57 Å². The Morgan fingerprint density at radius 2 is 1.47 bits per heavy atom. The molecule has 0 aliphatic heterocycles. The number of rotatable bonds is 10. The van der Waals surface area contributed by atoms with Gasteiger partial charge in [0, 0.05) is 12.1 Å². The van der Waals surface area contributed by atoms with Crippen LogP contribution < -0.4 is 14.1 Å². The molecule has 10 heteroatoms. The quantitative estimate of drug-likeness (QED) is 0.199. The number of nitro benzene ring substituents is 1. The number of carbonyl (C=O) groups is 1. The van der Waals surface area contributed by atoms with Gasteiger partial charge in [-0.1, -0.05) is 48.5 Å². The fourth-order valence-corrected chi connectivity index (χ4v) is 4.12. The monoisotopic (exact) mass is 456 g/mol. The number of hydrogen-bond donors (Lipinski definition) is 1. The molecular formula is C22H21N2O7P. The number of hydrogen-bond acceptors (Lipinski definition) is 7. The molecule has 0 aromatic heterocycles. The van der Waals surface area contributed by atoms with Gasteiger partial charge in [0.05, 0.1) is 4.92 Å². The first kappa shape index (κ1) is 23.0. The number of ether oxygens (including phenoxy) is 1. The second-order valence-electron chi connectivity index (χ2n) is 6.69. The molecule has 3 aromatic rings. The molecule has 0 saturated carbocycles. The lowest BCUT2D eigenvalue weighted by atomic mass is 10.2. The Labute approximate surface area is 184 Å². The maximum absolute atomic E-state index is 13.5. The number of para-hydroxylation sites is 1. The Kier molecular flexibility index (Phi) is 7.59. The van der Waals surface area contributed by atoms with Crippen LogP contribution in [0.2, 0.25) is 0 Å². The van der Waals surface area contributed by atoms with Gasteiger partial charge >= 0.3 is 13.7 Å². The largest absolute Gasteiger partial charge is 0.513 e. The predicted molar refractivity (Wildman–Crippen MR) is 117 cm³/mol. The summed E-state index contributed by atoms with van der Waals surface area (Å²) in [5.74, 6) is -0.347. The van der Waals surface area contributed by atoms with E-state index in [2.05, 4.69) is 5.09 Å². The zero-order valence-corrected chi connectivity index (χ0v) is 18.0. The maximum atomic E-state index is 13.5. The van der Waals surface area contributed by atoms with Crippen molar-refractivity contribution in [2.45, 2.75) is 19.6 Å². The average molecular weight is 456 g/mol. The lowest BCUT2D eigenvalue weighted by molar-refractivity contribution is -0.384. The topological polar surface area (TPSA) is 117 Å². The Balaban J connectivity index is 1.73. The minimum Gasteiger partial charge on any atom is -0.460 e. The van der Waals surface area contributed by atoms with E-state index in [9.17, 15) is 19.5 Å². The highest BCUT2D eigenvalue weighted by Crippen LogP contribution is 2.45. The third-order valence-corrected chi connectivity index (χ3v) is 5.78. The van der Waals surface area contributed by atoms with E-state index in [-0.39, 0.29) is 23.8 Å². The summed E-state index contributed by atoms with van der Waals surface area (Å²) in [6.07, 6.45) is 0. The van der Waals surface area contributed by atoms with Crippen molar-refractivity contribution >= 4 is 19.4 Å². The fraction of sp³-hybridized carbons (Fsp3) is 0.136. The van der Waals surface area contributed by atoms with Crippen LogP contribution in [0.4, 0.5) is 5.69 Å². The van der Waals surface area contributed by atoms with Crippen LogP contribution in [-0.2, 0) is 20.7 Å². The number of benzene rings is 3. The molecule has 0 spiro atoms. The van der Waals surface area contributed by atoms with Crippen LogP contribution in [0.3, 0.4) is 0 Å². The summed E-state index contributed by atoms with van der Waals surface area (Å²) >= 11 is 0. The van der Waals surface area contributed by atoms with Crippen LogP contribution in [0.5, 0.6) is 11.5 Å². The van der Waals surface area contributed by atoms with E-state index < -0.39 is 24.7 Å². The van der Waals surface area contributed by atoms with E-state index in [1.165, 1.54) is 31.2 Å². The van der Waals surface area contributed by atoms with Gasteiger partial charge in [0.1, 0.15) is 24.1 Å². The van der Waals surface area contributed by atoms with E-state index in [4.69, 9.17) is 13.8 Å². The summed E-state index contributed by atoms with van der Waals surface area (Å²) in [5.41, 5.74) is 0.654. The summed E-state index contributed by atoms with van der Waals surface area (Å²) in [4.78, 5) is 22.7. The van der Waals surface area contributed by atoms with Crippen molar-refractivity contribution in [3.63, 3.8) is 0 Å². The van der Waals surface area contributed by atoms with Crippen LogP contribution in [-0.4, -0.2) is 16.9 Å². The minimum absolute atomic E-state index is 0.0543. The molecule has 0 amide bonds. The van der Waals surface area contributed by atoms with Gasteiger partial charge in [-0.15, -0.1) is 0 Å². The Morgan fingerprint density at radius 1 is 0.938 bits per heavy atom. The highest BCUT2D eigenvalue weighted by atomic mass is 31.2. The Bertz CT molecular complexity index is 1090. The molecule has 3 rings (SSSR count). The molecule has 0 radical (unpaired) electrons. The van der Waals surface area contributed by atoms with Crippen molar-refractivity contribution in [1.82, 2.24) is 5.09 Å². The second-order valence-corrected chi connectivity index (χ2v) is 8.31. The SMILES string of the molecule is C[C@H](NP(=O)(Oc1ccccc1)Oc1ccc([N+](=O)[O-])cc1)C(=O)OCc1ccccc1. The molecular weight excluding hydrogens is 435 g/mol. The summed E-state index contributed by atoms with van der Waals surface area (Å²) in [6.45, 7) is 1.52. The molecule has 0 aliphatic carbocycles. The summed E-state index contributed by atoms with van der Waals surface area (Å²) in [6, 6.07) is 21.4. The summed E-state index contributed by atoms with van der Waals surface area (Å²) in [5, 5.41) is 13.4. The molecule has 166 valence electrons. The molecule has 0 heterocycles. The van der Waals surface area contributed by atoms with Crippen LogP contribution in [0, 0.1) is 10.1 Å².